The zero-order valence-electron chi connectivity index (χ0n) is 11.3. The van der Waals surface area contributed by atoms with Gasteiger partial charge in [-0.05, 0) is 49.2 Å². The Hall–Kier alpha value is -1.32. The monoisotopic (exact) mass is 351 g/mol. The molecule has 2 aromatic rings. The van der Waals surface area contributed by atoms with Crippen LogP contribution in [0.15, 0.2) is 42.5 Å². The average Bonchev–Trinajstić information content (AvgIpc) is 2.37. The number of para-hydroxylation sites is 1. The van der Waals surface area contributed by atoms with Gasteiger partial charge in [0.15, 0.2) is 0 Å². The molecular formula is C16H15BrClNO. The van der Waals surface area contributed by atoms with Crippen molar-refractivity contribution in [1.29, 1.82) is 0 Å². The second-order valence-corrected chi connectivity index (χ2v) is 6.48. The first kappa shape index (κ1) is 15.1. The van der Waals surface area contributed by atoms with Crippen LogP contribution in [0.1, 0.15) is 33.2 Å². The molecule has 0 saturated carbocycles. The molecule has 4 heteroatoms. The van der Waals surface area contributed by atoms with Crippen LogP contribution in [-0.2, 0) is 0 Å². The number of aryl methyl sites for hydroxylation is 1. The van der Waals surface area contributed by atoms with Gasteiger partial charge in [-0.1, -0.05) is 45.7 Å². The van der Waals surface area contributed by atoms with Crippen LogP contribution < -0.4 is 5.32 Å². The van der Waals surface area contributed by atoms with Crippen molar-refractivity contribution in [3.63, 3.8) is 0 Å². The lowest BCUT2D eigenvalue weighted by molar-refractivity contribution is 0.102. The maximum atomic E-state index is 12.3. The van der Waals surface area contributed by atoms with Gasteiger partial charge in [0.25, 0.3) is 5.91 Å². The van der Waals surface area contributed by atoms with E-state index in [-0.39, 0.29) is 10.7 Å². The summed E-state index contributed by atoms with van der Waals surface area (Å²) in [5.74, 6) is -0.156. The number of carbonyl (C=O) groups is 1. The second kappa shape index (κ2) is 6.42. The summed E-state index contributed by atoms with van der Waals surface area (Å²) < 4.78 is 0. The molecule has 2 aromatic carbocycles. The largest absolute Gasteiger partial charge is 0.322 e. The number of alkyl halides is 1. The maximum Gasteiger partial charge on any atom is 0.255 e. The van der Waals surface area contributed by atoms with E-state index in [1.165, 1.54) is 0 Å². The molecule has 0 saturated heterocycles. The fourth-order valence-electron chi connectivity index (χ4n) is 2.02. The summed E-state index contributed by atoms with van der Waals surface area (Å²) in [4.78, 5) is 12.5. The molecule has 2 nitrogen and oxygen atoms in total. The molecule has 104 valence electrons. The van der Waals surface area contributed by atoms with Crippen molar-refractivity contribution in [3.05, 3.63) is 64.2 Å². The lowest BCUT2D eigenvalue weighted by Crippen LogP contribution is -2.13. The number of hydrogen-bond donors (Lipinski definition) is 1. The molecule has 0 fully saturated rings. The van der Waals surface area contributed by atoms with Crippen molar-refractivity contribution < 1.29 is 4.79 Å². The van der Waals surface area contributed by atoms with Crippen molar-refractivity contribution in [1.82, 2.24) is 0 Å². The molecule has 0 radical (unpaired) electrons. The van der Waals surface area contributed by atoms with E-state index in [9.17, 15) is 4.79 Å². The van der Waals surface area contributed by atoms with E-state index in [1.54, 1.807) is 6.07 Å². The molecule has 0 aliphatic rings. The number of carbonyl (C=O) groups excluding carboxylic acids is 1. The molecular weight excluding hydrogens is 338 g/mol. The summed E-state index contributed by atoms with van der Waals surface area (Å²) >= 11 is 9.52. The van der Waals surface area contributed by atoms with Crippen LogP contribution >= 0.6 is 27.5 Å². The molecule has 0 aromatic heterocycles. The SMILES string of the molecule is Cc1cc(Cl)cc(C(=O)Nc2ccccc2C(C)Br)c1. The summed E-state index contributed by atoms with van der Waals surface area (Å²) in [7, 11) is 0. The van der Waals surface area contributed by atoms with Crippen LogP contribution in [0.4, 0.5) is 5.69 Å². The number of halogens is 2. The third-order valence-corrected chi connectivity index (χ3v) is 3.65. The highest BCUT2D eigenvalue weighted by molar-refractivity contribution is 9.09. The van der Waals surface area contributed by atoms with Crippen LogP contribution in [0, 0.1) is 6.92 Å². The second-order valence-electron chi connectivity index (χ2n) is 4.67. The number of hydrogen-bond acceptors (Lipinski definition) is 1. The lowest BCUT2D eigenvalue weighted by Gasteiger charge is -2.13. The minimum absolute atomic E-state index is 0.156. The van der Waals surface area contributed by atoms with Crippen LogP contribution in [0.5, 0.6) is 0 Å². The van der Waals surface area contributed by atoms with E-state index in [2.05, 4.69) is 21.2 Å². The number of nitrogens with one attached hydrogen (secondary N) is 1. The maximum absolute atomic E-state index is 12.3. The Balaban J connectivity index is 2.28. The molecule has 1 N–H and O–H groups in total. The summed E-state index contributed by atoms with van der Waals surface area (Å²) in [6.45, 7) is 3.94. The van der Waals surface area contributed by atoms with Crippen LogP contribution in [-0.4, -0.2) is 5.91 Å². The summed E-state index contributed by atoms with van der Waals surface area (Å²) in [5, 5.41) is 3.50. The van der Waals surface area contributed by atoms with Gasteiger partial charge in [-0.2, -0.15) is 0 Å². The fraction of sp³-hybridized carbons (Fsp3) is 0.188. The quantitative estimate of drug-likeness (QED) is 0.741. The van der Waals surface area contributed by atoms with E-state index < -0.39 is 0 Å². The molecule has 0 heterocycles. The van der Waals surface area contributed by atoms with Crippen LogP contribution in [0.3, 0.4) is 0 Å². The summed E-state index contributed by atoms with van der Waals surface area (Å²) in [5.41, 5.74) is 3.37. The molecule has 2 rings (SSSR count). The number of amides is 1. The molecule has 1 atom stereocenters. The molecule has 0 aliphatic carbocycles. The minimum atomic E-state index is -0.156. The van der Waals surface area contributed by atoms with Gasteiger partial charge in [-0.25, -0.2) is 0 Å². The highest BCUT2D eigenvalue weighted by atomic mass is 79.9. The van der Waals surface area contributed by atoms with Gasteiger partial charge in [0.1, 0.15) is 0 Å². The van der Waals surface area contributed by atoms with Gasteiger partial charge in [0, 0.05) is 21.1 Å². The van der Waals surface area contributed by atoms with E-state index in [4.69, 9.17) is 11.6 Å². The summed E-state index contributed by atoms with van der Waals surface area (Å²) in [6.07, 6.45) is 0. The van der Waals surface area contributed by atoms with Crippen molar-refractivity contribution in [2.24, 2.45) is 0 Å². The first-order valence-corrected chi connectivity index (χ1v) is 7.58. The van der Waals surface area contributed by atoms with Crippen molar-refractivity contribution in [2.75, 3.05) is 5.32 Å². The van der Waals surface area contributed by atoms with Crippen molar-refractivity contribution in [3.8, 4) is 0 Å². The molecule has 0 spiro atoms. The number of benzene rings is 2. The Bertz CT molecular complexity index is 620. The van der Waals surface area contributed by atoms with Crippen LogP contribution in [0.2, 0.25) is 5.02 Å². The first-order chi connectivity index (χ1) is 9.47. The van der Waals surface area contributed by atoms with E-state index in [0.29, 0.717) is 10.6 Å². The van der Waals surface area contributed by atoms with Gasteiger partial charge in [-0.3, -0.25) is 4.79 Å². The standard InChI is InChI=1S/C16H15BrClNO/c1-10-7-12(9-13(18)8-10)16(20)19-15-6-4-3-5-14(15)11(2)17/h3-9,11H,1-2H3,(H,19,20). The minimum Gasteiger partial charge on any atom is -0.322 e. The molecule has 20 heavy (non-hydrogen) atoms. The lowest BCUT2D eigenvalue weighted by atomic mass is 10.1. The topological polar surface area (TPSA) is 29.1 Å². The number of rotatable bonds is 3. The van der Waals surface area contributed by atoms with Gasteiger partial charge >= 0.3 is 0 Å². The van der Waals surface area contributed by atoms with Gasteiger partial charge in [-0.15, -0.1) is 0 Å². The third-order valence-electron chi connectivity index (χ3n) is 2.94. The van der Waals surface area contributed by atoms with E-state index in [0.717, 1.165) is 16.8 Å². The number of anilines is 1. The molecule has 1 amide bonds. The average molecular weight is 353 g/mol. The van der Waals surface area contributed by atoms with Crippen LogP contribution in [0.25, 0.3) is 0 Å². The van der Waals surface area contributed by atoms with Gasteiger partial charge < -0.3 is 5.32 Å². The summed E-state index contributed by atoms with van der Waals surface area (Å²) in [6, 6.07) is 13.0. The fourth-order valence-corrected chi connectivity index (χ4v) is 2.71. The van der Waals surface area contributed by atoms with Gasteiger partial charge in [0.2, 0.25) is 0 Å². The Labute approximate surface area is 132 Å². The highest BCUT2D eigenvalue weighted by Gasteiger charge is 2.12. The Morgan fingerprint density at radius 1 is 1.25 bits per heavy atom. The van der Waals surface area contributed by atoms with E-state index >= 15 is 0 Å². The Morgan fingerprint density at radius 3 is 2.60 bits per heavy atom. The van der Waals surface area contributed by atoms with Crippen molar-refractivity contribution in [2.45, 2.75) is 18.7 Å². The third kappa shape index (κ3) is 3.62. The Morgan fingerprint density at radius 2 is 1.95 bits per heavy atom. The molecule has 1 unspecified atom stereocenters. The van der Waals surface area contributed by atoms with E-state index in [1.807, 2.05) is 50.2 Å². The first-order valence-electron chi connectivity index (χ1n) is 6.29. The molecule has 0 aliphatic heterocycles. The van der Waals surface area contributed by atoms with Crippen molar-refractivity contribution >= 4 is 39.1 Å². The smallest absolute Gasteiger partial charge is 0.255 e. The zero-order chi connectivity index (χ0) is 14.7. The van der Waals surface area contributed by atoms with Gasteiger partial charge in [0.05, 0.1) is 0 Å². The normalized spacial score (nSPS) is 12.0. The molecule has 0 bridgehead atoms. The Kier molecular flexibility index (Phi) is 4.84. The predicted octanol–water partition coefficient (Wildman–Crippen LogP) is 5.36. The zero-order valence-corrected chi connectivity index (χ0v) is 13.6. The predicted molar refractivity (Wildman–Crippen MR) is 87.9 cm³/mol. The highest BCUT2D eigenvalue weighted by Crippen LogP contribution is 2.29.